The van der Waals surface area contributed by atoms with Gasteiger partial charge in [0.25, 0.3) is 0 Å². The highest BCUT2D eigenvalue weighted by atomic mass is 16.3. The zero-order chi connectivity index (χ0) is 20.3. The first kappa shape index (κ1) is 20.7. The first-order chi connectivity index (χ1) is 13.5. The molecule has 0 spiro atoms. The van der Waals surface area contributed by atoms with Gasteiger partial charge in [0.2, 0.25) is 0 Å². The maximum atomic E-state index is 10.7. The monoisotopic (exact) mass is 381 g/mol. The second kappa shape index (κ2) is 8.97. The number of hydrogen-bond donors (Lipinski definition) is 2. The van der Waals surface area contributed by atoms with Crippen LogP contribution in [0.15, 0.2) is 36.4 Å². The highest BCUT2D eigenvalue weighted by Crippen LogP contribution is 2.30. The Morgan fingerprint density at radius 3 is 2.39 bits per heavy atom. The van der Waals surface area contributed by atoms with E-state index in [4.69, 9.17) is 5.73 Å². The Morgan fingerprint density at radius 2 is 1.68 bits per heavy atom. The fourth-order valence-electron chi connectivity index (χ4n) is 4.55. The minimum absolute atomic E-state index is 0.223. The van der Waals surface area contributed by atoms with Crippen LogP contribution in [0.1, 0.15) is 36.1 Å². The van der Waals surface area contributed by atoms with Crippen LogP contribution >= 0.6 is 0 Å². The van der Waals surface area contributed by atoms with Gasteiger partial charge in [-0.3, -0.25) is 4.90 Å². The van der Waals surface area contributed by atoms with Crippen molar-refractivity contribution in [3.63, 3.8) is 0 Å². The molecule has 0 saturated carbocycles. The van der Waals surface area contributed by atoms with Gasteiger partial charge in [0.15, 0.2) is 0 Å². The van der Waals surface area contributed by atoms with Crippen molar-refractivity contribution in [1.29, 1.82) is 0 Å². The van der Waals surface area contributed by atoms with E-state index < -0.39 is 0 Å². The first-order valence-corrected chi connectivity index (χ1v) is 10.6. The molecule has 1 aliphatic carbocycles. The molecular formula is C24H35N3O. The van der Waals surface area contributed by atoms with E-state index in [-0.39, 0.29) is 12.1 Å². The van der Waals surface area contributed by atoms with Crippen molar-refractivity contribution in [2.24, 2.45) is 0 Å². The number of anilines is 2. The number of rotatable bonds is 2. The summed E-state index contributed by atoms with van der Waals surface area (Å²) in [5.74, 6) is 0. The lowest BCUT2D eigenvalue weighted by atomic mass is 9.83. The summed E-state index contributed by atoms with van der Waals surface area (Å²) >= 11 is 0. The third-order valence-electron chi connectivity index (χ3n) is 6.10. The van der Waals surface area contributed by atoms with Crippen LogP contribution < -0.4 is 10.6 Å². The van der Waals surface area contributed by atoms with Crippen molar-refractivity contribution in [3.8, 4) is 0 Å². The second-order valence-corrected chi connectivity index (χ2v) is 7.84. The van der Waals surface area contributed by atoms with Crippen LogP contribution in [0.25, 0.3) is 0 Å². The van der Waals surface area contributed by atoms with Crippen molar-refractivity contribution < 1.29 is 5.11 Å². The van der Waals surface area contributed by atoms with Gasteiger partial charge < -0.3 is 15.7 Å². The van der Waals surface area contributed by atoms with Crippen LogP contribution in [0.2, 0.25) is 0 Å². The molecule has 2 unspecified atom stereocenters. The summed E-state index contributed by atoms with van der Waals surface area (Å²) in [5.41, 5.74) is 13.5. The topological polar surface area (TPSA) is 52.7 Å². The Hall–Kier alpha value is -2.04. The Labute approximate surface area is 170 Å². The average Bonchev–Trinajstić information content (AvgIpc) is 2.71. The summed E-state index contributed by atoms with van der Waals surface area (Å²) in [7, 11) is 0. The molecule has 2 aliphatic rings. The number of nitrogens with two attached hydrogens (primary N) is 1. The molecule has 1 saturated heterocycles. The van der Waals surface area contributed by atoms with Gasteiger partial charge in [-0.15, -0.1) is 0 Å². The molecule has 0 amide bonds. The van der Waals surface area contributed by atoms with Gasteiger partial charge in [-0.2, -0.15) is 0 Å². The van der Waals surface area contributed by atoms with E-state index in [9.17, 15) is 5.11 Å². The number of benzene rings is 2. The lowest BCUT2D eigenvalue weighted by Gasteiger charge is -2.44. The molecule has 1 heterocycles. The number of nitrogen functional groups attached to an aromatic ring is 1. The van der Waals surface area contributed by atoms with Crippen LogP contribution in [0.4, 0.5) is 11.4 Å². The summed E-state index contributed by atoms with van der Waals surface area (Å²) in [5, 5.41) is 10.7. The lowest BCUT2D eigenvalue weighted by molar-refractivity contribution is 0.0394. The Morgan fingerprint density at radius 1 is 0.964 bits per heavy atom. The second-order valence-electron chi connectivity index (χ2n) is 7.84. The largest absolute Gasteiger partial charge is 0.397 e. The molecule has 3 N–H and O–H groups in total. The van der Waals surface area contributed by atoms with Crippen molar-refractivity contribution in [2.45, 2.75) is 52.7 Å². The number of hydrogen-bond acceptors (Lipinski definition) is 4. The SMILES string of the molecule is CC.Cc1ccc(N)c(N2CCN(C3Cc4c(C)cccc4CC3O)CC2)c1. The van der Waals surface area contributed by atoms with Crippen LogP contribution in [-0.4, -0.2) is 48.3 Å². The van der Waals surface area contributed by atoms with Crippen LogP contribution in [-0.2, 0) is 12.8 Å². The van der Waals surface area contributed by atoms with E-state index in [1.54, 1.807) is 0 Å². The van der Waals surface area contributed by atoms with E-state index >= 15 is 0 Å². The molecule has 0 bridgehead atoms. The fraction of sp³-hybridized carbons (Fsp3) is 0.500. The molecule has 0 radical (unpaired) electrons. The number of fused-ring (bicyclic) bond motifs is 1. The molecule has 152 valence electrons. The van der Waals surface area contributed by atoms with Crippen LogP contribution in [0, 0.1) is 13.8 Å². The van der Waals surface area contributed by atoms with Crippen molar-refractivity contribution >= 4 is 11.4 Å². The fourth-order valence-corrected chi connectivity index (χ4v) is 4.55. The van der Waals surface area contributed by atoms with E-state index in [1.165, 1.54) is 22.3 Å². The third-order valence-corrected chi connectivity index (χ3v) is 6.10. The molecule has 4 heteroatoms. The predicted molar refractivity (Wildman–Crippen MR) is 119 cm³/mol. The predicted octanol–water partition coefficient (Wildman–Crippen LogP) is 3.56. The smallest absolute Gasteiger partial charge is 0.0739 e. The molecular weight excluding hydrogens is 346 g/mol. The standard InChI is InChI=1S/C22H29N3O.C2H6/c1-15-6-7-19(23)20(12-15)24-8-10-25(11-9-24)21-14-18-16(2)4-3-5-17(18)13-22(21)26;1-2/h3-7,12,21-22,26H,8-11,13-14,23H2,1-2H3;1-2H3. The summed E-state index contributed by atoms with van der Waals surface area (Å²) in [6.07, 6.45) is 1.45. The quantitative estimate of drug-likeness (QED) is 0.781. The van der Waals surface area contributed by atoms with Crippen molar-refractivity contribution in [2.75, 3.05) is 36.8 Å². The maximum Gasteiger partial charge on any atom is 0.0739 e. The number of nitrogens with zero attached hydrogens (tertiary/aromatic N) is 2. The maximum absolute atomic E-state index is 10.7. The van der Waals surface area contributed by atoms with Gasteiger partial charge in [-0.1, -0.05) is 38.1 Å². The highest BCUT2D eigenvalue weighted by molar-refractivity contribution is 5.68. The third kappa shape index (κ3) is 4.18. The summed E-state index contributed by atoms with van der Waals surface area (Å²) < 4.78 is 0. The number of aliphatic hydroxyl groups excluding tert-OH is 1. The minimum Gasteiger partial charge on any atom is -0.397 e. The Balaban J connectivity index is 0.00000109. The molecule has 1 aliphatic heterocycles. The average molecular weight is 382 g/mol. The molecule has 4 nitrogen and oxygen atoms in total. The van der Waals surface area contributed by atoms with Gasteiger partial charge in [0, 0.05) is 38.6 Å². The highest BCUT2D eigenvalue weighted by Gasteiger charge is 2.34. The van der Waals surface area contributed by atoms with Crippen molar-refractivity contribution in [1.82, 2.24) is 4.90 Å². The van der Waals surface area contributed by atoms with E-state index in [0.29, 0.717) is 0 Å². The molecule has 2 aromatic rings. The summed E-state index contributed by atoms with van der Waals surface area (Å²) in [6, 6.07) is 12.9. The molecule has 1 fully saturated rings. The van der Waals surface area contributed by atoms with Gasteiger partial charge in [0.05, 0.1) is 17.5 Å². The summed E-state index contributed by atoms with van der Waals surface area (Å²) in [4.78, 5) is 4.86. The molecule has 2 atom stereocenters. The molecule has 2 aromatic carbocycles. The van der Waals surface area contributed by atoms with E-state index in [2.05, 4.69) is 54.0 Å². The molecule has 0 aromatic heterocycles. The Kier molecular flexibility index (Phi) is 6.63. The summed E-state index contributed by atoms with van der Waals surface area (Å²) in [6.45, 7) is 12.1. The first-order valence-electron chi connectivity index (χ1n) is 10.6. The van der Waals surface area contributed by atoms with Gasteiger partial charge in [-0.05, 0) is 54.7 Å². The molecule has 4 rings (SSSR count). The Bertz CT molecular complexity index is 796. The normalized spacial score (nSPS) is 22.2. The van der Waals surface area contributed by atoms with Crippen molar-refractivity contribution in [3.05, 3.63) is 58.7 Å². The zero-order valence-electron chi connectivity index (χ0n) is 17.8. The molecule has 28 heavy (non-hydrogen) atoms. The number of aryl methyl sites for hydroxylation is 2. The van der Waals surface area contributed by atoms with Crippen LogP contribution in [0.5, 0.6) is 0 Å². The van der Waals surface area contributed by atoms with Crippen LogP contribution in [0.3, 0.4) is 0 Å². The lowest BCUT2D eigenvalue weighted by Crippen LogP contribution is -2.56. The van der Waals surface area contributed by atoms with Gasteiger partial charge >= 0.3 is 0 Å². The van der Waals surface area contributed by atoms with E-state index in [0.717, 1.165) is 50.4 Å². The number of piperazine rings is 1. The number of aliphatic hydroxyl groups is 1. The van der Waals surface area contributed by atoms with E-state index in [1.807, 2.05) is 19.9 Å². The minimum atomic E-state index is -0.278. The zero-order valence-corrected chi connectivity index (χ0v) is 17.8. The van der Waals surface area contributed by atoms with Gasteiger partial charge in [0.1, 0.15) is 0 Å². The van der Waals surface area contributed by atoms with Gasteiger partial charge in [-0.25, -0.2) is 0 Å².